The second-order valence-corrected chi connectivity index (χ2v) is 4.94. The summed E-state index contributed by atoms with van der Waals surface area (Å²) in [5.74, 6) is 2.89. The zero-order valence-corrected chi connectivity index (χ0v) is 8.11. The molecule has 1 heterocycles. The molecule has 2 aliphatic carbocycles. The highest BCUT2D eigenvalue weighted by Gasteiger charge is 2.62. The van der Waals surface area contributed by atoms with Crippen molar-refractivity contribution in [2.45, 2.75) is 44.3 Å². The number of hydrogen-bond acceptors (Lipinski definition) is 1. The monoisotopic (exact) mass is 178 g/mol. The van der Waals surface area contributed by atoms with Crippen molar-refractivity contribution in [3.8, 4) is 0 Å². The van der Waals surface area contributed by atoms with Crippen molar-refractivity contribution in [3.05, 3.63) is 12.7 Å². The third kappa shape index (κ3) is 1.17. The molecule has 2 saturated carbocycles. The van der Waals surface area contributed by atoms with Gasteiger partial charge in [0.05, 0.1) is 12.2 Å². The van der Waals surface area contributed by atoms with E-state index in [4.69, 9.17) is 4.74 Å². The van der Waals surface area contributed by atoms with Crippen LogP contribution < -0.4 is 0 Å². The third-order valence-corrected chi connectivity index (χ3v) is 4.22. The normalized spacial score (nSPS) is 50.6. The summed E-state index contributed by atoms with van der Waals surface area (Å²) in [6, 6.07) is 0. The van der Waals surface area contributed by atoms with E-state index in [0.29, 0.717) is 12.2 Å². The Morgan fingerprint density at radius 3 is 2.92 bits per heavy atom. The van der Waals surface area contributed by atoms with Crippen LogP contribution in [-0.4, -0.2) is 12.2 Å². The zero-order chi connectivity index (χ0) is 8.84. The second kappa shape index (κ2) is 2.84. The van der Waals surface area contributed by atoms with E-state index in [0.717, 1.165) is 17.8 Å². The van der Waals surface area contributed by atoms with Gasteiger partial charge in [-0.05, 0) is 49.9 Å². The van der Waals surface area contributed by atoms with Crippen molar-refractivity contribution in [1.82, 2.24) is 0 Å². The maximum absolute atomic E-state index is 5.66. The molecule has 3 rings (SSSR count). The number of epoxide rings is 1. The first kappa shape index (κ1) is 8.05. The number of unbranched alkanes of at least 4 members (excludes halogenated alkanes) is 1. The van der Waals surface area contributed by atoms with Gasteiger partial charge in [0.1, 0.15) is 0 Å². The number of allylic oxidation sites excluding steroid dienone is 1. The van der Waals surface area contributed by atoms with Crippen LogP contribution in [0.1, 0.15) is 32.1 Å². The van der Waals surface area contributed by atoms with Gasteiger partial charge >= 0.3 is 0 Å². The summed E-state index contributed by atoms with van der Waals surface area (Å²) in [5, 5.41) is 0. The van der Waals surface area contributed by atoms with Crippen molar-refractivity contribution in [2.24, 2.45) is 17.8 Å². The van der Waals surface area contributed by atoms with Gasteiger partial charge in [-0.2, -0.15) is 0 Å². The average molecular weight is 178 g/mol. The Morgan fingerprint density at radius 1 is 1.31 bits per heavy atom. The van der Waals surface area contributed by atoms with Crippen LogP contribution in [0.5, 0.6) is 0 Å². The summed E-state index contributed by atoms with van der Waals surface area (Å²) >= 11 is 0. The van der Waals surface area contributed by atoms with E-state index < -0.39 is 0 Å². The summed E-state index contributed by atoms with van der Waals surface area (Å²) in [6.07, 6.45) is 10.4. The van der Waals surface area contributed by atoms with Gasteiger partial charge in [-0.3, -0.25) is 0 Å². The molecule has 72 valence electrons. The van der Waals surface area contributed by atoms with Crippen LogP contribution in [0.3, 0.4) is 0 Å². The van der Waals surface area contributed by atoms with Crippen LogP contribution in [0, 0.1) is 17.8 Å². The molecule has 1 nitrogen and oxygen atoms in total. The molecule has 0 aromatic rings. The van der Waals surface area contributed by atoms with Crippen LogP contribution in [0.15, 0.2) is 12.7 Å². The minimum atomic E-state index is 0.701. The molecule has 2 bridgehead atoms. The lowest BCUT2D eigenvalue weighted by atomic mass is 9.85. The molecule has 0 N–H and O–H groups in total. The Labute approximate surface area is 80.2 Å². The van der Waals surface area contributed by atoms with Crippen molar-refractivity contribution in [3.63, 3.8) is 0 Å². The highest BCUT2D eigenvalue weighted by molar-refractivity contribution is 5.10. The molecule has 3 fully saturated rings. The Hall–Kier alpha value is -0.300. The first-order chi connectivity index (χ1) is 6.40. The van der Waals surface area contributed by atoms with E-state index in [1.807, 2.05) is 6.08 Å². The molecule has 3 aliphatic rings. The summed E-state index contributed by atoms with van der Waals surface area (Å²) in [7, 11) is 0. The van der Waals surface area contributed by atoms with Crippen LogP contribution in [0.4, 0.5) is 0 Å². The van der Waals surface area contributed by atoms with Crippen molar-refractivity contribution in [1.29, 1.82) is 0 Å². The summed E-state index contributed by atoms with van der Waals surface area (Å²) < 4.78 is 5.66. The van der Waals surface area contributed by atoms with E-state index >= 15 is 0 Å². The van der Waals surface area contributed by atoms with E-state index in [-0.39, 0.29) is 0 Å². The van der Waals surface area contributed by atoms with Gasteiger partial charge < -0.3 is 4.74 Å². The molecule has 0 aromatic carbocycles. The summed E-state index contributed by atoms with van der Waals surface area (Å²) in [6.45, 7) is 3.77. The van der Waals surface area contributed by atoms with Crippen LogP contribution in [0.25, 0.3) is 0 Å². The minimum absolute atomic E-state index is 0.701. The number of ether oxygens (including phenoxy) is 1. The van der Waals surface area contributed by atoms with Crippen molar-refractivity contribution in [2.75, 3.05) is 0 Å². The molecular formula is C12H18O. The van der Waals surface area contributed by atoms with Crippen LogP contribution in [-0.2, 0) is 4.74 Å². The molecular weight excluding hydrogens is 160 g/mol. The molecule has 1 heteroatoms. The SMILES string of the molecule is C=CCCCC1CC2CC1C1OC21. The fraction of sp³-hybridized carbons (Fsp3) is 0.833. The second-order valence-electron chi connectivity index (χ2n) is 4.94. The topological polar surface area (TPSA) is 12.5 Å². The molecule has 0 amide bonds. The van der Waals surface area contributed by atoms with E-state index in [1.165, 1.54) is 32.1 Å². The van der Waals surface area contributed by atoms with Gasteiger partial charge in [-0.1, -0.05) is 6.08 Å². The quantitative estimate of drug-likeness (QED) is 0.366. The lowest BCUT2D eigenvalue weighted by Gasteiger charge is -2.18. The fourth-order valence-corrected chi connectivity index (χ4v) is 3.59. The van der Waals surface area contributed by atoms with Gasteiger partial charge in [0.15, 0.2) is 0 Å². The van der Waals surface area contributed by atoms with Gasteiger partial charge in [0, 0.05) is 0 Å². The first-order valence-corrected chi connectivity index (χ1v) is 5.66. The molecule has 13 heavy (non-hydrogen) atoms. The molecule has 0 aromatic heterocycles. The average Bonchev–Trinajstić information content (AvgIpc) is 2.76. The summed E-state index contributed by atoms with van der Waals surface area (Å²) in [4.78, 5) is 0. The summed E-state index contributed by atoms with van der Waals surface area (Å²) in [5.41, 5.74) is 0. The van der Waals surface area contributed by atoms with Crippen LogP contribution in [0.2, 0.25) is 0 Å². The largest absolute Gasteiger partial charge is 0.369 e. The van der Waals surface area contributed by atoms with Gasteiger partial charge in [-0.25, -0.2) is 0 Å². The standard InChI is InChI=1S/C12H18O/c1-2-3-4-5-8-6-9-7-10(8)12-11(9)13-12/h2,8-12H,1,3-7H2. The van der Waals surface area contributed by atoms with Gasteiger partial charge in [0.2, 0.25) is 0 Å². The number of hydrogen-bond donors (Lipinski definition) is 0. The number of fused-ring (bicyclic) bond motifs is 5. The fourth-order valence-electron chi connectivity index (χ4n) is 3.59. The maximum Gasteiger partial charge on any atom is 0.0875 e. The Bertz CT molecular complexity index is 223. The maximum atomic E-state index is 5.66. The van der Waals surface area contributed by atoms with Gasteiger partial charge in [-0.15, -0.1) is 6.58 Å². The predicted molar refractivity (Wildman–Crippen MR) is 52.4 cm³/mol. The third-order valence-electron chi connectivity index (χ3n) is 4.22. The molecule has 0 spiro atoms. The van der Waals surface area contributed by atoms with E-state index in [2.05, 4.69) is 6.58 Å². The van der Waals surface area contributed by atoms with Crippen molar-refractivity contribution < 1.29 is 4.74 Å². The van der Waals surface area contributed by atoms with Gasteiger partial charge in [0.25, 0.3) is 0 Å². The lowest BCUT2D eigenvalue weighted by Crippen LogP contribution is -2.17. The molecule has 1 saturated heterocycles. The highest BCUT2D eigenvalue weighted by atomic mass is 16.6. The zero-order valence-electron chi connectivity index (χ0n) is 8.11. The first-order valence-electron chi connectivity index (χ1n) is 5.66. The van der Waals surface area contributed by atoms with Crippen LogP contribution >= 0.6 is 0 Å². The van der Waals surface area contributed by atoms with Crippen molar-refractivity contribution >= 4 is 0 Å². The molecule has 5 unspecified atom stereocenters. The molecule has 1 aliphatic heterocycles. The highest BCUT2D eigenvalue weighted by Crippen LogP contribution is 2.59. The molecule has 5 atom stereocenters. The smallest absolute Gasteiger partial charge is 0.0875 e. The lowest BCUT2D eigenvalue weighted by molar-refractivity contribution is 0.246. The molecule has 0 radical (unpaired) electrons. The Morgan fingerprint density at radius 2 is 2.23 bits per heavy atom. The Balaban J connectivity index is 1.53. The predicted octanol–water partition coefficient (Wildman–Crippen LogP) is 2.77. The number of rotatable bonds is 4. The van der Waals surface area contributed by atoms with E-state index in [1.54, 1.807) is 0 Å². The minimum Gasteiger partial charge on any atom is -0.369 e. The van der Waals surface area contributed by atoms with E-state index in [9.17, 15) is 0 Å². The Kier molecular flexibility index (Phi) is 1.76.